The van der Waals surface area contributed by atoms with E-state index < -0.39 is 0 Å². The molecule has 0 saturated carbocycles. The Labute approximate surface area is 109 Å². The number of rotatable bonds is 4. The predicted molar refractivity (Wildman–Crippen MR) is 71.4 cm³/mol. The molecule has 1 aliphatic carbocycles. The number of aryl methyl sites for hydroxylation is 1. The largest absolute Gasteiger partial charge is 0.308 e. The van der Waals surface area contributed by atoms with E-state index in [2.05, 4.69) is 41.8 Å². The molecule has 0 aliphatic heterocycles. The fourth-order valence-corrected chi connectivity index (χ4v) is 2.89. The molecule has 1 aliphatic rings. The van der Waals surface area contributed by atoms with Gasteiger partial charge in [0.25, 0.3) is 0 Å². The summed E-state index contributed by atoms with van der Waals surface area (Å²) in [5.74, 6) is 0.409. The maximum absolute atomic E-state index is 8.93. The van der Waals surface area contributed by atoms with E-state index in [9.17, 15) is 0 Å². The molecule has 2 rings (SSSR count). The fraction of sp³-hybridized carbons (Fsp3) is 0.714. The molecular weight excluding hydrogens is 224 g/mol. The van der Waals surface area contributed by atoms with Gasteiger partial charge < -0.3 is 4.90 Å². The minimum atomic E-state index is 0.409. The lowest BCUT2D eigenvalue weighted by Gasteiger charge is -2.22. The van der Waals surface area contributed by atoms with Crippen LogP contribution in [0.5, 0.6) is 0 Å². The Morgan fingerprint density at radius 1 is 1.50 bits per heavy atom. The van der Waals surface area contributed by atoms with Gasteiger partial charge in [-0.2, -0.15) is 10.4 Å². The van der Waals surface area contributed by atoms with E-state index >= 15 is 0 Å². The molecule has 1 atom stereocenters. The molecular formula is C14H22N4. The summed E-state index contributed by atoms with van der Waals surface area (Å²) < 4.78 is 2.16. The van der Waals surface area contributed by atoms with Gasteiger partial charge in [0, 0.05) is 30.1 Å². The van der Waals surface area contributed by atoms with Crippen LogP contribution in [0.4, 0.5) is 0 Å². The Kier molecular flexibility index (Phi) is 4.03. The Morgan fingerprint density at radius 2 is 2.28 bits per heavy atom. The first-order valence-corrected chi connectivity index (χ1v) is 6.71. The summed E-state index contributed by atoms with van der Waals surface area (Å²) in [5, 5.41) is 13.6. The first kappa shape index (κ1) is 13.1. The molecule has 1 aromatic rings. The zero-order valence-electron chi connectivity index (χ0n) is 11.6. The first-order valence-electron chi connectivity index (χ1n) is 6.71. The van der Waals surface area contributed by atoms with Crippen LogP contribution in [-0.4, -0.2) is 35.3 Å². The highest BCUT2D eigenvalue weighted by molar-refractivity contribution is 5.32. The van der Waals surface area contributed by atoms with Gasteiger partial charge in [-0.05, 0) is 40.3 Å². The van der Waals surface area contributed by atoms with Crippen LogP contribution in [0.2, 0.25) is 0 Å². The average Bonchev–Trinajstić information content (AvgIpc) is 2.65. The third-order valence-electron chi connectivity index (χ3n) is 3.75. The lowest BCUT2D eigenvalue weighted by Crippen LogP contribution is -2.21. The van der Waals surface area contributed by atoms with Crippen LogP contribution in [0.1, 0.15) is 42.1 Å². The second kappa shape index (κ2) is 5.53. The number of hydrogen-bond donors (Lipinski definition) is 0. The Hall–Kier alpha value is -1.34. The van der Waals surface area contributed by atoms with E-state index in [1.165, 1.54) is 17.7 Å². The minimum absolute atomic E-state index is 0.409. The zero-order valence-corrected chi connectivity index (χ0v) is 11.6. The van der Waals surface area contributed by atoms with Crippen LogP contribution in [-0.2, 0) is 13.0 Å². The highest BCUT2D eigenvalue weighted by atomic mass is 15.3. The van der Waals surface area contributed by atoms with Gasteiger partial charge in [-0.1, -0.05) is 0 Å². The number of nitriles is 1. The fourth-order valence-electron chi connectivity index (χ4n) is 2.89. The van der Waals surface area contributed by atoms with Crippen molar-refractivity contribution in [3.05, 3.63) is 17.0 Å². The van der Waals surface area contributed by atoms with Crippen LogP contribution < -0.4 is 0 Å². The van der Waals surface area contributed by atoms with Crippen molar-refractivity contribution in [3.8, 4) is 6.07 Å². The van der Waals surface area contributed by atoms with Crippen LogP contribution in [0.15, 0.2) is 0 Å². The van der Waals surface area contributed by atoms with Gasteiger partial charge in [-0.25, -0.2) is 0 Å². The first-order chi connectivity index (χ1) is 8.63. The summed E-state index contributed by atoms with van der Waals surface area (Å²) >= 11 is 0. The summed E-state index contributed by atoms with van der Waals surface area (Å²) in [6, 6.07) is 2.32. The predicted octanol–water partition coefficient (Wildman–Crippen LogP) is 2.09. The third-order valence-corrected chi connectivity index (χ3v) is 3.75. The van der Waals surface area contributed by atoms with Gasteiger partial charge in [0.2, 0.25) is 0 Å². The maximum atomic E-state index is 8.93. The Morgan fingerprint density at radius 3 is 2.94 bits per heavy atom. The number of hydrogen-bond acceptors (Lipinski definition) is 3. The van der Waals surface area contributed by atoms with Gasteiger partial charge >= 0.3 is 0 Å². The van der Waals surface area contributed by atoms with E-state index in [1.807, 2.05) is 0 Å². The van der Waals surface area contributed by atoms with E-state index in [0.29, 0.717) is 12.3 Å². The van der Waals surface area contributed by atoms with Crippen molar-refractivity contribution in [2.45, 2.75) is 45.1 Å². The van der Waals surface area contributed by atoms with Crippen LogP contribution in [0.3, 0.4) is 0 Å². The van der Waals surface area contributed by atoms with Gasteiger partial charge in [0.05, 0.1) is 18.3 Å². The van der Waals surface area contributed by atoms with Crippen LogP contribution in [0, 0.1) is 18.3 Å². The van der Waals surface area contributed by atoms with Crippen molar-refractivity contribution >= 4 is 0 Å². The Bertz CT molecular complexity index is 453. The second-order valence-corrected chi connectivity index (χ2v) is 5.42. The molecule has 0 saturated heterocycles. The van der Waals surface area contributed by atoms with Crippen molar-refractivity contribution in [1.29, 1.82) is 5.26 Å². The number of fused-ring (bicyclic) bond motifs is 1. The lowest BCUT2D eigenvalue weighted by molar-refractivity contribution is 0.366. The van der Waals surface area contributed by atoms with Gasteiger partial charge in [0.15, 0.2) is 0 Å². The van der Waals surface area contributed by atoms with E-state index in [4.69, 9.17) is 5.26 Å². The number of aromatic nitrogens is 2. The van der Waals surface area contributed by atoms with Crippen LogP contribution >= 0.6 is 0 Å². The summed E-state index contributed by atoms with van der Waals surface area (Å²) in [6.07, 6.45) is 4.08. The van der Waals surface area contributed by atoms with E-state index in [-0.39, 0.29) is 0 Å². The molecule has 0 aromatic carbocycles. The molecule has 0 bridgehead atoms. The van der Waals surface area contributed by atoms with Gasteiger partial charge in [-0.3, -0.25) is 4.68 Å². The molecule has 0 radical (unpaired) electrons. The molecule has 0 N–H and O–H groups in total. The SMILES string of the molecule is Cc1nn(CCN(C)C)c2c1C(CC#N)CCC2. The molecule has 1 unspecified atom stereocenters. The minimum Gasteiger partial charge on any atom is -0.308 e. The molecule has 18 heavy (non-hydrogen) atoms. The quantitative estimate of drug-likeness (QED) is 0.817. The van der Waals surface area contributed by atoms with Gasteiger partial charge in [-0.15, -0.1) is 0 Å². The topological polar surface area (TPSA) is 44.9 Å². The highest BCUT2D eigenvalue weighted by Gasteiger charge is 2.26. The molecule has 0 fully saturated rings. The van der Waals surface area contributed by atoms with Crippen molar-refractivity contribution in [2.24, 2.45) is 0 Å². The third kappa shape index (κ3) is 2.56. The number of nitrogens with zero attached hydrogens (tertiary/aromatic N) is 4. The van der Waals surface area contributed by atoms with Gasteiger partial charge in [0.1, 0.15) is 0 Å². The van der Waals surface area contributed by atoms with Crippen molar-refractivity contribution in [1.82, 2.24) is 14.7 Å². The molecule has 0 amide bonds. The molecule has 1 aromatic heterocycles. The molecule has 98 valence electrons. The van der Waals surface area contributed by atoms with Crippen LogP contribution in [0.25, 0.3) is 0 Å². The van der Waals surface area contributed by atoms with Crippen molar-refractivity contribution in [2.75, 3.05) is 20.6 Å². The molecule has 4 heteroatoms. The standard InChI is InChI=1S/C14H22N4/c1-11-14-12(7-8-15)5-4-6-13(14)18(16-11)10-9-17(2)3/h12H,4-7,9-10H2,1-3H3. The van der Waals surface area contributed by atoms with Crippen molar-refractivity contribution in [3.63, 3.8) is 0 Å². The summed E-state index contributed by atoms with van der Waals surface area (Å²) in [7, 11) is 4.17. The monoisotopic (exact) mass is 246 g/mol. The summed E-state index contributed by atoms with van der Waals surface area (Å²) in [6.45, 7) is 4.04. The maximum Gasteiger partial charge on any atom is 0.0631 e. The molecule has 4 nitrogen and oxygen atoms in total. The number of likely N-dealkylation sites (N-methyl/N-ethyl adjacent to an activating group) is 1. The normalized spacial score (nSPS) is 18.7. The summed E-state index contributed by atoms with van der Waals surface area (Å²) in [5.41, 5.74) is 3.87. The zero-order chi connectivity index (χ0) is 13.1. The average molecular weight is 246 g/mol. The Balaban J connectivity index is 2.25. The lowest BCUT2D eigenvalue weighted by atomic mass is 9.83. The molecule has 0 spiro atoms. The van der Waals surface area contributed by atoms with E-state index in [1.54, 1.807) is 0 Å². The second-order valence-electron chi connectivity index (χ2n) is 5.42. The summed E-state index contributed by atoms with van der Waals surface area (Å²) in [4.78, 5) is 2.18. The smallest absolute Gasteiger partial charge is 0.0631 e. The molecule has 1 heterocycles. The van der Waals surface area contributed by atoms with E-state index in [0.717, 1.165) is 31.6 Å². The highest BCUT2D eigenvalue weighted by Crippen LogP contribution is 2.35. The van der Waals surface area contributed by atoms with Crippen molar-refractivity contribution < 1.29 is 0 Å².